The minimum absolute atomic E-state index is 0.0387. The minimum atomic E-state index is -0.611. The largest absolute Gasteiger partial charge is 0.494 e. The molecule has 2 aromatic heterocycles. The van der Waals surface area contributed by atoms with Gasteiger partial charge in [0, 0.05) is 0 Å². The van der Waals surface area contributed by atoms with Gasteiger partial charge in [0.2, 0.25) is 5.91 Å². The van der Waals surface area contributed by atoms with Gasteiger partial charge in [0.25, 0.3) is 5.56 Å². The Balaban J connectivity index is 1.67. The van der Waals surface area contributed by atoms with Gasteiger partial charge in [-0.05, 0) is 54.3 Å². The minimum Gasteiger partial charge on any atom is -0.494 e. The van der Waals surface area contributed by atoms with Crippen molar-refractivity contribution in [3.05, 3.63) is 91.2 Å². The summed E-state index contributed by atoms with van der Waals surface area (Å²) in [5.41, 5.74) is 0.304. The van der Waals surface area contributed by atoms with Crippen LogP contribution >= 0.6 is 22.9 Å². The molecule has 33 heavy (non-hydrogen) atoms. The molecular formula is C23H19ClFN3O4S. The Labute approximate surface area is 196 Å². The predicted octanol–water partition coefficient (Wildman–Crippen LogP) is 4.10. The number of fused-ring (bicyclic) bond motifs is 1. The van der Waals surface area contributed by atoms with Gasteiger partial charge in [0.1, 0.15) is 22.8 Å². The molecule has 1 amide bonds. The third-order valence-electron chi connectivity index (χ3n) is 4.92. The highest BCUT2D eigenvalue weighted by atomic mass is 35.5. The highest BCUT2D eigenvalue weighted by Gasteiger charge is 2.17. The molecule has 7 nitrogen and oxygen atoms in total. The van der Waals surface area contributed by atoms with Crippen LogP contribution in [-0.2, 0) is 17.9 Å². The van der Waals surface area contributed by atoms with E-state index >= 15 is 0 Å². The van der Waals surface area contributed by atoms with Crippen LogP contribution in [0.3, 0.4) is 0 Å². The summed E-state index contributed by atoms with van der Waals surface area (Å²) >= 11 is 7.17. The standard InChI is InChI=1S/C23H19ClFN3O4S/c1-2-32-16-6-3-14(4-7-16)12-28-22(30)21-19(9-10-33-21)27(23(28)31)13-20(29)26-18-8-5-15(25)11-17(18)24/h3-11H,2,12-13H2,1H3,(H,26,29). The van der Waals surface area contributed by atoms with Gasteiger partial charge in [0.05, 0.1) is 29.4 Å². The van der Waals surface area contributed by atoms with E-state index in [1.54, 1.807) is 35.7 Å². The molecule has 0 radical (unpaired) electrons. The molecule has 0 aliphatic rings. The quantitative estimate of drug-likeness (QED) is 0.425. The number of aromatic nitrogens is 2. The Morgan fingerprint density at radius 2 is 1.88 bits per heavy atom. The Hall–Kier alpha value is -3.43. The SMILES string of the molecule is CCOc1ccc(Cn2c(=O)c3sccc3n(CC(=O)Nc3ccc(F)cc3Cl)c2=O)cc1. The lowest BCUT2D eigenvalue weighted by Crippen LogP contribution is -2.41. The molecule has 1 N–H and O–H groups in total. The maximum atomic E-state index is 13.3. The highest BCUT2D eigenvalue weighted by molar-refractivity contribution is 7.17. The lowest BCUT2D eigenvalue weighted by atomic mass is 10.2. The monoisotopic (exact) mass is 487 g/mol. The molecule has 0 bridgehead atoms. The molecule has 0 aliphatic carbocycles. The van der Waals surface area contributed by atoms with E-state index in [1.807, 2.05) is 6.92 Å². The maximum absolute atomic E-state index is 13.3. The Morgan fingerprint density at radius 1 is 1.12 bits per heavy atom. The fraction of sp³-hybridized carbons (Fsp3) is 0.174. The summed E-state index contributed by atoms with van der Waals surface area (Å²) in [7, 11) is 0. The van der Waals surface area contributed by atoms with Gasteiger partial charge in [-0.15, -0.1) is 11.3 Å². The van der Waals surface area contributed by atoms with Crippen molar-refractivity contribution in [1.82, 2.24) is 9.13 Å². The molecule has 0 fully saturated rings. The maximum Gasteiger partial charge on any atom is 0.332 e. The number of benzene rings is 2. The first-order valence-electron chi connectivity index (χ1n) is 10.0. The van der Waals surface area contributed by atoms with Gasteiger partial charge in [-0.1, -0.05) is 23.7 Å². The number of amides is 1. The first-order chi connectivity index (χ1) is 15.9. The van der Waals surface area contributed by atoms with Crippen molar-refractivity contribution in [2.24, 2.45) is 0 Å². The Kier molecular flexibility index (Phi) is 6.62. The van der Waals surface area contributed by atoms with E-state index in [2.05, 4.69) is 5.32 Å². The van der Waals surface area contributed by atoms with Crippen LogP contribution in [0.2, 0.25) is 5.02 Å². The summed E-state index contributed by atoms with van der Waals surface area (Å²) in [5.74, 6) is -0.379. The number of carbonyl (C=O) groups is 1. The first kappa shape index (κ1) is 22.8. The average molecular weight is 488 g/mol. The predicted molar refractivity (Wildman–Crippen MR) is 127 cm³/mol. The molecule has 0 aliphatic heterocycles. The molecule has 0 saturated heterocycles. The normalized spacial score (nSPS) is 11.0. The van der Waals surface area contributed by atoms with Gasteiger partial charge < -0.3 is 10.1 Å². The molecule has 4 rings (SSSR count). The fourth-order valence-electron chi connectivity index (χ4n) is 3.39. The number of anilines is 1. The molecule has 0 saturated carbocycles. The van der Waals surface area contributed by atoms with Gasteiger partial charge in [0.15, 0.2) is 0 Å². The summed E-state index contributed by atoms with van der Waals surface area (Å²) < 4.78 is 21.4. The number of nitrogens with one attached hydrogen (secondary N) is 1. The second kappa shape index (κ2) is 9.60. The lowest BCUT2D eigenvalue weighted by Gasteiger charge is -2.13. The van der Waals surface area contributed by atoms with Crippen LogP contribution < -0.4 is 21.3 Å². The van der Waals surface area contributed by atoms with Crippen LogP contribution in [0.4, 0.5) is 10.1 Å². The van der Waals surface area contributed by atoms with E-state index in [9.17, 15) is 18.8 Å². The number of nitrogens with zero attached hydrogens (tertiary/aromatic N) is 2. The second-order valence-electron chi connectivity index (χ2n) is 7.14. The van der Waals surface area contributed by atoms with Gasteiger partial charge in [-0.2, -0.15) is 0 Å². The molecule has 0 spiro atoms. The average Bonchev–Trinajstić information content (AvgIpc) is 3.28. The van der Waals surface area contributed by atoms with Crippen molar-refractivity contribution in [1.29, 1.82) is 0 Å². The Morgan fingerprint density at radius 3 is 2.58 bits per heavy atom. The zero-order valence-electron chi connectivity index (χ0n) is 17.5. The summed E-state index contributed by atoms with van der Waals surface area (Å²) in [6, 6.07) is 12.3. The summed E-state index contributed by atoms with van der Waals surface area (Å²) in [5, 5.41) is 4.31. The molecule has 0 atom stereocenters. The smallest absolute Gasteiger partial charge is 0.332 e. The van der Waals surface area contributed by atoms with Crippen LogP contribution in [-0.4, -0.2) is 21.6 Å². The molecular weight excluding hydrogens is 469 g/mol. The number of halogens is 2. The topological polar surface area (TPSA) is 82.3 Å². The van der Waals surface area contributed by atoms with Crippen molar-refractivity contribution >= 4 is 44.7 Å². The van der Waals surface area contributed by atoms with E-state index in [1.165, 1.54) is 28.0 Å². The number of hydrogen-bond donors (Lipinski definition) is 1. The summed E-state index contributed by atoms with van der Waals surface area (Å²) in [4.78, 5) is 38.9. The van der Waals surface area contributed by atoms with E-state index < -0.39 is 23.0 Å². The lowest BCUT2D eigenvalue weighted by molar-refractivity contribution is -0.116. The van der Waals surface area contributed by atoms with Crippen LogP contribution in [0.1, 0.15) is 12.5 Å². The summed E-state index contributed by atoms with van der Waals surface area (Å²) in [6.07, 6.45) is 0. The number of hydrogen-bond acceptors (Lipinski definition) is 5. The van der Waals surface area contributed by atoms with Crippen molar-refractivity contribution < 1.29 is 13.9 Å². The number of rotatable bonds is 7. The third-order valence-corrected chi connectivity index (χ3v) is 6.12. The van der Waals surface area contributed by atoms with Crippen molar-refractivity contribution in [3.8, 4) is 5.75 Å². The number of carbonyl (C=O) groups excluding carboxylic acids is 1. The second-order valence-corrected chi connectivity index (χ2v) is 8.47. The van der Waals surface area contributed by atoms with Gasteiger partial charge >= 0.3 is 5.69 Å². The molecule has 170 valence electrons. The van der Waals surface area contributed by atoms with Crippen LogP contribution in [0.25, 0.3) is 10.2 Å². The molecule has 4 aromatic rings. The van der Waals surface area contributed by atoms with Gasteiger partial charge in [-0.3, -0.25) is 18.7 Å². The van der Waals surface area contributed by atoms with E-state index in [0.29, 0.717) is 22.6 Å². The van der Waals surface area contributed by atoms with E-state index in [0.717, 1.165) is 16.2 Å². The number of thiophene rings is 1. The molecule has 2 heterocycles. The van der Waals surface area contributed by atoms with Crippen molar-refractivity contribution in [2.75, 3.05) is 11.9 Å². The van der Waals surface area contributed by atoms with E-state index in [-0.39, 0.29) is 23.8 Å². The van der Waals surface area contributed by atoms with E-state index in [4.69, 9.17) is 16.3 Å². The molecule has 10 heteroatoms. The fourth-order valence-corrected chi connectivity index (χ4v) is 4.45. The molecule has 0 unspecified atom stereocenters. The zero-order chi connectivity index (χ0) is 23.5. The van der Waals surface area contributed by atoms with Crippen LogP contribution in [0, 0.1) is 5.82 Å². The van der Waals surface area contributed by atoms with Crippen LogP contribution in [0.5, 0.6) is 5.75 Å². The van der Waals surface area contributed by atoms with Gasteiger partial charge in [-0.25, -0.2) is 9.18 Å². The summed E-state index contributed by atoms with van der Waals surface area (Å²) in [6.45, 7) is 2.11. The van der Waals surface area contributed by atoms with Crippen molar-refractivity contribution in [2.45, 2.75) is 20.0 Å². The zero-order valence-corrected chi connectivity index (χ0v) is 19.1. The van der Waals surface area contributed by atoms with Crippen LogP contribution in [0.15, 0.2) is 63.5 Å². The highest BCUT2D eigenvalue weighted by Crippen LogP contribution is 2.22. The third kappa shape index (κ3) is 4.84. The Bertz CT molecular complexity index is 1440. The first-order valence-corrected chi connectivity index (χ1v) is 11.3. The number of ether oxygens (including phenoxy) is 1. The molecule has 2 aromatic carbocycles. The van der Waals surface area contributed by atoms with Crippen molar-refractivity contribution in [3.63, 3.8) is 0 Å².